The van der Waals surface area contributed by atoms with Crippen LogP contribution in [-0.4, -0.2) is 68.9 Å². The van der Waals surface area contributed by atoms with E-state index < -0.39 is 9.33 Å². The van der Waals surface area contributed by atoms with E-state index in [0.717, 1.165) is 24.0 Å². The number of nitrogens with one attached hydrogen (secondary N) is 1. The quantitative estimate of drug-likeness (QED) is 0.255. The van der Waals surface area contributed by atoms with Crippen LogP contribution < -0.4 is 9.62 Å². The second-order valence-corrected chi connectivity index (χ2v) is 12.3. The lowest BCUT2D eigenvalue weighted by Gasteiger charge is -2.29. The lowest BCUT2D eigenvalue weighted by atomic mass is 10.0. The predicted octanol–water partition coefficient (Wildman–Crippen LogP) is 3.33. The van der Waals surface area contributed by atoms with E-state index in [2.05, 4.69) is 54.5 Å². The van der Waals surface area contributed by atoms with Gasteiger partial charge in [-0.05, 0) is 56.2 Å². The summed E-state index contributed by atoms with van der Waals surface area (Å²) in [6.07, 6.45) is 4.16. The summed E-state index contributed by atoms with van der Waals surface area (Å²) in [5.41, 5.74) is 2.24. The van der Waals surface area contributed by atoms with Crippen molar-refractivity contribution in [2.24, 2.45) is 0 Å². The summed E-state index contributed by atoms with van der Waals surface area (Å²) in [6.45, 7) is 5.02. The highest BCUT2D eigenvalue weighted by atomic mass is 32.7. The zero-order chi connectivity index (χ0) is 24.2. The van der Waals surface area contributed by atoms with Gasteiger partial charge in [0, 0.05) is 38.9 Å². The van der Waals surface area contributed by atoms with Crippen molar-refractivity contribution in [3.63, 3.8) is 0 Å². The molecule has 34 heavy (non-hydrogen) atoms. The Morgan fingerprint density at radius 2 is 1.71 bits per heavy atom. The van der Waals surface area contributed by atoms with Gasteiger partial charge in [0.25, 0.3) is 0 Å². The molecule has 0 aliphatic carbocycles. The summed E-state index contributed by atoms with van der Waals surface area (Å²) < 4.78 is 31.8. The number of benzene rings is 2. The summed E-state index contributed by atoms with van der Waals surface area (Å²) >= 11 is 0. The smallest absolute Gasteiger partial charge is 0.105 e. The highest BCUT2D eigenvalue weighted by molar-refractivity contribution is 8.43. The Labute approximate surface area is 205 Å². The van der Waals surface area contributed by atoms with Gasteiger partial charge in [0.05, 0.1) is 42.4 Å². The Hall–Kier alpha value is -1.72. The summed E-state index contributed by atoms with van der Waals surface area (Å²) in [7, 11) is 1.24. The molecule has 2 unspecified atom stereocenters. The topological polar surface area (TPSA) is 83.8 Å². The van der Waals surface area contributed by atoms with Crippen LogP contribution in [0.2, 0.25) is 0 Å². The molecule has 0 aromatic heterocycles. The Morgan fingerprint density at radius 3 is 2.44 bits per heavy atom. The largest absolute Gasteiger partial charge is 0.382 e. The molecule has 1 fully saturated rings. The fourth-order valence-corrected chi connectivity index (χ4v) is 5.80. The number of methoxy groups -OCH3 is 1. The molecule has 1 heterocycles. The van der Waals surface area contributed by atoms with Crippen LogP contribution in [0.5, 0.6) is 0 Å². The average Bonchev–Trinajstić information content (AvgIpc) is 2.86. The van der Waals surface area contributed by atoms with Crippen LogP contribution in [0.15, 0.2) is 36.4 Å². The third-order valence-electron chi connectivity index (χ3n) is 5.83. The molecule has 0 amide bonds. The number of nitriles is 1. The number of piperidine rings is 1. The first kappa shape index (κ1) is 26.9. The van der Waals surface area contributed by atoms with Crippen molar-refractivity contribution in [3.05, 3.63) is 42.0 Å². The summed E-state index contributed by atoms with van der Waals surface area (Å²) in [5, 5.41) is 12.0. The Morgan fingerprint density at radius 1 is 1.03 bits per heavy atom. The lowest BCUT2D eigenvalue weighted by Crippen LogP contribution is -2.29. The molecular formula is C25H36N3O4PS. The van der Waals surface area contributed by atoms with Crippen molar-refractivity contribution in [2.75, 3.05) is 64.7 Å². The molecule has 7 nitrogen and oxygen atoms in total. The van der Waals surface area contributed by atoms with E-state index in [9.17, 15) is 9.47 Å². The molecule has 0 saturated carbocycles. The molecule has 3 rings (SSSR count). The van der Waals surface area contributed by atoms with E-state index in [1.54, 1.807) is 7.11 Å². The molecule has 9 heteroatoms. The minimum atomic E-state index is -2.71. The molecule has 186 valence electrons. The summed E-state index contributed by atoms with van der Waals surface area (Å²) in [4.78, 5) is 2.76. The van der Waals surface area contributed by atoms with Gasteiger partial charge < -0.3 is 19.1 Å². The number of rotatable bonds is 13. The SMILES string of the molecule is COCCOCCOCCNS(=O)(P)=C(C#N)Cc1ccc2cc(N3CCCCC3)ccc2c1. The predicted molar refractivity (Wildman–Crippen MR) is 144 cm³/mol. The first-order valence-electron chi connectivity index (χ1n) is 11.8. The van der Waals surface area contributed by atoms with Crippen molar-refractivity contribution in [3.8, 4) is 6.07 Å². The zero-order valence-electron chi connectivity index (χ0n) is 20.0. The third-order valence-corrected chi connectivity index (χ3v) is 8.79. The minimum Gasteiger partial charge on any atom is -0.382 e. The van der Waals surface area contributed by atoms with Gasteiger partial charge in [-0.15, -0.1) is 0 Å². The molecular weight excluding hydrogens is 469 g/mol. The number of hydrogen-bond acceptors (Lipinski definition) is 6. The standard InChI is InChI=1S/C25H36N3O4PS/c1-30-13-14-32-16-15-31-12-9-27-34(29,33)25(20-26)18-21-5-6-23-19-24(8-7-22(23)17-21)28-10-3-2-4-11-28/h5-8,17,19H,2-4,9-16,18,33H2,1H3,(H,27,29). The molecule has 1 saturated heterocycles. The fourth-order valence-electron chi connectivity index (χ4n) is 3.96. The number of anilines is 1. The minimum absolute atomic E-state index is 0.310. The van der Waals surface area contributed by atoms with E-state index in [4.69, 9.17) is 14.2 Å². The number of fused-ring (bicyclic) bond motifs is 1. The molecule has 1 N–H and O–H groups in total. The van der Waals surface area contributed by atoms with E-state index in [1.165, 1.54) is 30.3 Å². The van der Waals surface area contributed by atoms with Gasteiger partial charge >= 0.3 is 0 Å². The lowest BCUT2D eigenvalue weighted by molar-refractivity contribution is 0.0263. The van der Waals surface area contributed by atoms with Crippen LogP contribution in [0.25, 0.3) is 10.8 Å². The molecule has 0 bridgehead atoms. The van der Waals surface area contributed by atoms with Gasteiger partial charge in [0.15, 0.2) is 0 Å². The van der Waals surface area contributed by atoms with Crippen LogP contribution in [0, 0.1) is 11.3 Å². The van der Waals surface area contributed by atoms with Crippen molar-refractivity contribution >= 4 is 39.1 Å². The monoisotopic (exact) mass is 505 g/mol. The van der Waals surface area contributed by atoms with Crippen molar-refractivity contribution in [2.45, 2.75) is 25.7 Å². The Bertz CT molecular complexity index is 1090. The maximum absolute atomic E-state index is 13.1. The van der Waals surface area contributed by atoms with Gasteiger partial charge in [-0.3, -0.25) is 0 Å². The van der Waals surface area contributed by atoms with Crippen LogP contribution in [0.3, 0.4) is 0 Å². The third kappa shape index (κ3) is 8.20. The van der Waals surface area contributed by atoms with Gasteiger partial charge in [0.1, 0.15) is 10.9 Å². The summed E-state index contributed by atoms with van der Waals surface area (Å²) in [6, 6.07) is 14.9. The highest BCUT2D eigenvalue weighted by Gasteiger charge is 2.13. The first-order chi connectivity index (χ1) is 16.5. The van der Waals surface area contributed by atoms with Gasteiger partial charge in [-0.25, -0.2) is 8.93 Å². The van der Waals surface area contributed by atoms with Crippen molar-refractivity contribution in [1.82, 2.24) is 4.72 Å². The van der Waals surface area contributed by atoms with Crippen LogP contribution >= 0.6 is 8.44 Å². The van der Waals surface area contributed by atoms with E-state index in [-0.39, 0.29) is 0 Å². The molecule has 1 aliphatic heterocycles. The molecule has 1 aliphatic rings. The maximum atomic E-state index is 13.1. The van der Waals surface area contributed by atoms with Gasteiger partial charge in [-0.2, -0.15) is 5.26 Å². The molecule has 2 aromatic rings. The van der Waals surface area contributed by atoms with E-state index in [0.29, 0.717) is 50.9 Å². The Balaban J connectivity index is 1.56. The van der Waals surface area contributed by atoms with Gasteiger partial charge in [0.2, 0.25) is 0 Å². The van der Waals surface area contributed by atoms with Crippen molar-refractivity contribution < 1.29 is 18.4 Å². The number of hydrogen-bond donors (Lipinski definition) is 1. The normalized spacial score (nSPS) is 15.7. The Kier molecular flexibility index (Phi) is 11.1. The zero-order valence-corrected chi connectivity index (χ0v) is 21.9. The van der Waals surface area contributed by atoms with E-state index in [1.807, 2.05) is 6.07 Å². The number of nitrogens with zero attached hydrogens (tertiary/aromatic N) is 2. The maximum Gasteiger partial charge on any atom is 0.105 e. The number of ether oxygens (including phenoxy) is 3. The van der Waals surface area contributed by atoms with Crippen LogP contribution in [0.4, 0.5) is 5.69 Å². The molecule has 0 spiro atoms. The first-order valence-corrected chi connectivity index (χ1v) is 14.8. The van der Waals surface area contributed by atoms with Crippen LogP contribution in [0.1, 0.15) is 24.8 Å². The molecule has 2 aromatic carbocycles. The second-order valence-electron chi connectivity index (χ2n) is 8.34. The van der Waals surface area contributed by atoms with E-state index >= 15 is 0 Å². The van der Waals surface area contributed by atoms with Crippen molar-refractivity contribution in [1.29, 1.82) is 5.26 Å². The summed E-state index contributed by atoms with van der Waals surface area (Å²) in [5.74, 6) is 0. The van der Waals surface area contributed by atoms with Crippen LogP contribution in [-0.2, 0) is 30.0 Å². The second kappa shape index (κ2) is 14.0. The van der Waals surface area contributed by atoms with Gasteiger partial charge in [-0.1, -0.05) is 24.3 Å². The average molecular weight is 506 g/mol. The molecule has 2 atom stereocenters. The highest BCUT2D eigenvalue weighted by Crippen LogP contribution is 2.26. The molecule has 0 radical (unpaired) electrons. The fraction of sp³-hybridized carbons (Fsp3) is 0.520.